The molecule has 43 heavy (non-hydrogen) atoms. The van der Waals surface area contributed by atoms with E-state index in [0.717, 1.165) is 78.5 Å². The van der Waals surface area contributed by atoms with Crippen LogP contribution in [-0.2, 0) is 13.1 Å². The zero-order valence-electron chi connectivity index (χ0n) is 24.2. The van der Waals surface area contributed by atoms with Crippen LogP contribution >= 0.6 is 0 Å². The van der Waals surface area contributed by atoms with Crippen LogP contribution in [0.2, 0.25) is 0 Å². The minimum absolute atomic E-state index is 0.247. The Morgan fingerprint density at radius 3 is 1.81 bits per heavy atom. The molecule has 1 aliphatic heterocycles. The molecule has 6 rings (SSSR count). The summed E-state index contributed by atoms with van der Waals surface area (Å²) in [7, 11) is 1.68. The van der Waals surface area contributed by atoms with E-state index in [1.54, 1.807) is 31.4 Å². The first kappa shape index (κ1) is 28.5. The van der Waals surface area contributed by atoms with E-state index in [0.29, 0.717) is 6.04 Å². The lowest BCUT2D eigenvalue weighted by Crippen LogP contribution is -2.44. The first-order chi connectivity index (χ1) is 21.0. The number of halogens is 2. The van der Waals surface area contributed by atoms with Gasteiger partial charge in [0.1, 0.15) is 17.4 Å². The first-order valence-corrected chi connectivity index (χ1v) is 14.6. The lowest BCUT2D eigenvalue weighted by molar-refractivity contribution is 0.201. The van der Waals surface area contributed by atoms with Crippen LogP contribution in [0.1, 0.15) is 24.0 Å². The van der Waals surface area contributed by atoms with Gasteiger partial charge in [-0.2, -0.15) is 0 Å². The molecule has 0 aliphatic carbocycles. The second-order valence-electron chi connectivity index (χ2n) is 10.9. The number of hydrogen-bond donors (Lipinski definition) is 0. The molecule has 0 unspecified atom stereocenters. The number of rotatable bonds is 9. The third kappa shape index (κ3) is 7.07. The Kier molecular flexibility index (Phi) is 8.70. The molecule has 7 heteroatoms. The van der Waals surface area contributed by atoms with Crippen molar-refractivity contribution in [3.05, 3.63) is 132 Å². The summed E-state index contributed by atoms with van der Waals surface area (Å²) in [5.41, 5.74) is 7.00. The highest BCUT2D eigenvalue weighted by Crippen LogP contribution is 2.29. The van der Waals surface area contributed by atoms with Crippen LogP contribution in [-0.4, -0.2) is 41.1 Å². The van der Waals surface area contributed by atoms with Crippen molar-refractivity contribution in [1.82, 2.24) is 14.9 Å². The number of nitrogens with zero attached hydrogens (tertiary/aromatic N) is 4. The number of piperidine rings is 1. The molecule has 3 aromatic carbocycles. The minimum atomic E-state index is -0.255. The Morgan fingerprint density at radius 2 is 1.26 bits per heavy atom. The van der Waals surface area contributed by atoms with E-state index in [1.165, 1.54) is 29.8 Å². The second kappa shape index (κ2) is 13.1. The van der Waals surface area contributed by atoms with Crippen LogP contribution in [0.15, 0.2) is 109 Å². The number of ether oxygens (including phenoxy) is 1. The van der Waals surface area contributed by atoms with E-state index < -0.39 is 0 Å². The lowest BCUT2D eigenvalue weighted by atomic mass is 10.00. The fourth-order valence-corrected chi connectivity index (χ4v) is 5.75. The Hall–Kier alpha value is -4.62. The molecule has 218 valence electrons. The van der Waals surface area contributed by atoms with Gasteiger partial charge in [0.15, 0.2) is 0 Å². The largest absolute Gasteiger partial charge is 0.497 e. The molecular weight excluding hydrogens is 542 g/mol. The zero-order valence-corrected chi connectivity index (χ0v) is 24.2. The molecule has 0 bridgehead atoms. The molecular formula is C36H34F2N4O. The van der Waals surface area contributed by atoms with Crippen molar-refractivity contribution in [2.75, 3.05) is 25.1 Å². The maximum absolute atomic E-state index is 13.5. The van der Waals surface area contributed by atoms with Crippen LogP contribution in [0.4, 0.5) is 14.5 Å². The summed E-state index contributed by atoms with van der Waals surface area (Å²) in [6, 6.07) is 29.9. The van der Waals surface area contributed by atoms with Crippen molar-refractivity contribution in [1.29, 1.82) is 0 Å². The number of anilines is 1. The smallest absolute Gasteiger partial charge is 0.123 e. The first-order valence-electron chi connectivity index (χ1n) is 14.6. The van der Waals surface area contributed by atoms with Crippen LogP contribution in [0, 0.1) is 11.6 Å². The highest BCUT2D eigenvalue weighted by atomic mass is 19.1. The van der Waals surface area contributed by atoms with E-state index in [2.05, 4.69) is 56.2 Å². The van der Waals surface area contributed by atoms with Crippen molar-refractivity contribution in [3.8, 4) is 28.3 Å². The maximum atomic E-state index is 13.5. The van der Waals surface area contributed by atoms with Gasteiger partial charge >= 0.3 is 0 Å². The number of likely N-dealkylation sites (tertiary alicyclic amines) is 1. The van der Waals surface area contributed by atoms with Crippen molar-refractivity contribution < 1.29 is 13.5 Å². The van der Waals surface area contributed by atoms with Gasteiger partial charge in [-0.1, -0.05) is 0 Å². The Balaban J connectivity index is 1.16. The molecule has 0 spiro atoms. The summed E-state index contributed by atoms with van der Waals surface area (Å²) in [5.74, 6) is 0.330. The standard InChI is InChI=1S/C36H34F2N4O/c1-43-34-12-10-32(11-13-34)42(25-27-15-19-40-36(23-27)29-4-8-31(38)9-5-29)33-16-20-41(21-17-33)24-26-14-18-39-35(22-26)28-2-6-30(37)7-3-28/h2-15,18-19,22-23,33H,16-17,20-21,24-25H2,1H3. The molecule has 0 atom stereocenters. The lowest BCUT2D eigenvalue weighted by Gasteiger charge is -2.40. The van der Waals surface area contributed by atoms with Crippen LogP contribution in [0.25, 0.3) is 22.5 Å². The average molecular weight is 577 g/mol. The van der Waals surface area contributed by atoms with Gasteiger partial charge < -0.3 is 9.64 Å². The molecule has 0 saturated carbocycles. The molecule has 0 radical (unpaired) electrons. The predicted octanol–water partition coefficient (Wildman–Crippen LogP) is 7.77. The van der Waals surface area contributed by atoms with E-state index in [4.69, 9.17) is 4.74 Å². The SMILES string of the molecule is COc1ccc(N(Cc2ccnc(-c3ccc(F)cc3)c2)C2CCN(Cc3ccnc(-c4ccc(F)cc4)c3)CC2)cc1. The van der Waals surface area contributed by atoms with Gasteiger partial charge in [0.05, 0.1) is 18.5 Å². The topological polar surface area (TPSA) is 41.5 Å². The van der Waals surface area contributed by atoms with Crippen molar-refractivity contribution >= 4 is 5.69 Å². The zero-order chi connectivity index (χ0) is 29.6. The van der Waals surface area contributed by atoms with Gasteiger partial charge in [0.2, 0.25) is 0 Å². The molecule has 1 aliphatic rings. The van der Waals surface area contributed by atoms with Crippen LogP contribution in [0.3, 0.4) is 0 Å². The van der Waals surface area contributed by atoms with Crippen LogP contribution in [0.5, 0.6) is 5.75 Å². The summed E-state index contributed by atoms with van der Waals surface area (Å²) in [6.07, 6.45) is 5.72. The number of aromatic nitrogens is 2. The van der Waals surface area contributed by atoms with Gasteiger partial charge in [0.25, 0.3) is 0 Å². The summed E-state index contributed by atoms with van der Waals surface area (Å²) >= 11 is 0. The highest BCUT2D eigenvalue weighted by Gasteiger charge is 2.25. The average Bonchev–Trinajstić information content (AvgIpc) is 3.05. The Labute approximate surface area is 251 Å². The minimum Gasteiger partial charge on any atom is -0.497 e. The molecule has 1 saturated heterocycles. The van der Waals surface area contributed by atoms with E-state index >= 15 is 0 Å². The molecule has 1 fully saturated rings. The summed E-state index contributed by atoms with van der Waals surface area (Å²) in [4.78, 5) is 14.0. The quantitative estimate of drug-likeness (QED) is 0.179. The maximum Gasteiger partial charge on any atom is 0.123 e. The van der Waals surface area contributed by atoms with Crippen molar-refractivity contribution in [3.63, 3.8) is 0 Å². The fourth-order valence-electron chi connectivity index (χ4n) is 5.75. The van der Waals surface area contributed by atoms with Gasteiger partial charge in [-0.3, -0.25) is 14.9 Å². The van der Waals surface area contributed by atoms with Gasteiger partial charge in [-0.15, -0.1) is 0 Å². The molecule has 5 nitrogen and oxygen atoms in total. The Morgan fingerprint density at radius 1 is 0.721 bits per heavy atom. The third-order valence-electron chi connectivity index (χ3n) is 8.09. The third-order valence-corrected chi connectivity index (χ3v) is 8.09. The summed E-state index contributed by atoms with van der Waals surface area (Å²) in [6.45, 7) is 3.53. The molecule has 0 amide bonds. The molecule has 2 aromatic heterocycles. The van der Waals surface area contributed by atoms with Crippen molar-refractivity contribution in [2.45, 2.75) is 32.0 Å². The molecule has 5 aromatic rings. The second-order valence-corrected chi connectivity index (χ2v) is 10.9. The van der Waals surface area contributed by atoms with E-state index in [1.807, 2.05) is 24.5 Å². The fraction of sp³-hybridized carbons (Fsp3) is 0.222. The Bertz CT molecular complexity index is 1630. The van der Waals surface area contributed by atoms with Gasteiger partial charge in [-0.25, -0.2) is 8.78 Å². The number of hydrogen-bond acceptors (Lipinski definition) is 5. The van der Waals surface area contributed by atoms with Crippen molar-refractivity contribution in [2.24, 2.45) is 0 Å². The highest BCUT2D eigenvalue weighted by molar-refractivity contribution is 5.61. The van der Waals surface area contributed by atoms with E-state index in [9.17, 15) is 8.78 Å². The van der Waals surface area contributed by atoms with E-state index in [-0.39, 0.29) is 11.6 Å². The number of methoxy groups -OCH3 is 1. The summed E-state index contributed by atoms with van der Waals surface area (Å²) < 4.78 is 32.3. The molecule has 0 N–H and O–H groups in total. The number of benzene rings is 3. The monoisotopic (exact) mass is 576 g/mol. The van der Waals surface area contributed by atoms with Gasteiger partial charge in [-0.05, 0) is 121 Å². The summed E-state index contributed by atoms with van der Waals surface area (Å²) in [5, 5.41) is 0. The normalized spacial score (nSPS) is 14.0. The van der Waals surface area contributed by atoms with Gasteiger partial charge in [0, 0.05) is 61.4 Å². The predicted molar refractivity (Wildman–Crippen MR) is 167 cm³/mol. The molecule has 3 heterocycles. The number of pyridine rings is 2. The van der Waals surface area contributed by atoms with Crippen LogP contribution < -0.4 is 9.64 Å².